The van der Waals surface area contributed by atoms with Crippen LogP contribution in [0.4, 0.5) is 17.3 Å². The van der Waals surface area contributed by atoms with Crippen LogP contribution in [0.5, 0.6) is 0 Å². The van der Waals surface area contributed by atoms with Crippen LogP contribution in [0.2, 0.25) is 0 Å². The molecule has 0 radical (unpaired) electrons. The van der Waals surface area contributed by atoms with E-state index in [0.717, 1.165) is 0 Å². The van der Waals surface area contributed by atoms with Crippen LogP contribution in [0.3, 0.4) is 0 Å². The number of rotatable bonds is 0. The van der Waals surface area contributed by atoms with Gasteiger partial charge in [-0.15, -0.1) is 0 Å². The SMILES string of the molecule is CC.F[B-](F)(F)F.N#[NH+]. The third-order valence-corrected chi connectivity index (χ3v) is 0. The van der Waals surface area contributed by atoms with Crippen molar-refractivity contribution in [1.29, 1.82) is 5.39 Å². The van der Waals surface area contributed by atoms with Gasteiger partial charge in [-0.3, -0.25) is 0 Å². The van der Waals surface area contributed by atoms with Gasteiger partial charge in [0.25, 0.3) is 0 Å². The van der Waals surface area contributed by atoms with Gasteiger partial charge in [0, 0.05) is 0 Å². The normalized spacial score (nSPS) is 7.56. The van der Waals surface area contributed by atoms with E-state index in [1.807, 2.05) is 13.8 Å². The van der Waals surface area contributed by atoms with Crippen molar-refractivity contribution in [2.24, 2.45) is 0 Å². The summed E-state index contributed by atoms with van der Waals surface area (Å²) in [6, 6.07) is 0. The largest absolute Gasteiger partial charge is 0.673 e. The highest BCUT2D eigenvalue weighted by atomic mass is 19.5. The van der Waals surface area contributed by atoms with Gasteiger partial charge in [-0.05, 0) is 0 Å². The Morgan fingerprint density at radius 3 is 1.00 bits per heavy atom. The van der Waals surface area contributed by atoms with Gasteiger partial charge < -0.3 is 17.3 Å². The fourth-order valence-electron chi connectivity index (χ4n) is 0. The zero-order chi connectivity index (χ0) is 8.50. The Balaban J connectivity index is -0.0000000771. The lowest BCUT2D eigenvalue weighted by Gasteiger charge is -1.94. The van der Waals surface area contributed by atoms with E-state index in [4.69, 9.17) is 10.8 Å². The topological polar surface area (TPSA) is 47.6 Å². The average Bonchev–Trinajstić information content (AvgIpc) is 1.72. The van der Waals surface area contributed by atoms with Crippen LogP contribution in [-0.4, -0.2) is 7.25 Å². The van der Waals surface area contributed by atoms with Gasteiger partial charge in [-0.25, -0.2) is 0 Å². The Kier molecular flexibility index (Phi) is 17.9. The van der Waals surface area contributed by atoms with Gasteiger partial charge in [0.2, 0.25) is 5.39 Å². The second-order valence-corrected chi connectivity index (χ2v) is 0.495. The van der Waals surface area contributed by atoms with Crippen molar-refractivity contribution in [2.45, 2.75) is 13.8 Å². The Labute approximate surface area is 50.4 Å². The summed E-state index contributed by atoms with van der Waals surface area (Å²) < 4.78 is 39.0. The average molecular weight is 146 g/mol. The molecule has 0 heterocycles. The summed E-state index contributed by atoms with van der Waals surface area (Å²) >= 11 is 0. The van der Waals surface area contributed by atoms with Crippen molar-refractivity contribution in [3.8, 4) is 0 Å². The summed E-state index contributed by atoms with van der Waals surface area (Å²) in [6.45, 7) is 4.00. The van der Waals surface area contributed by atoms with Gasteiger partial charge in [-0.1, -0.05) is 13.8 Å². The lowest BCUT2D eigenvalue weighted by molar-refractivity contribution is -0.175. The van der Waals surface area contributed by atoms with Gasteiger partial charge in [0.1, 0.15) is 0 Å². The molecule has 0 unspecified atom stereocenters. The maximum atomic E-state index is 9.75. The minimum atomic E-state index is -6.00. The Bertz CT molecular complexity index is 53.3. The molecule has 0 atom stereocenters. The third kappa shape index (κ3) is 309. The van der Waals surface area contributed by atoms with Crippen LogP contribution >= 0.6 is 0 Å². The summed E-state index contributed by atoms with van der Waals surface area (Å²) in [7, 11) is -6.00. The number of diazo groups is 1. The number of nitrogens with one attached hydrogen (secondary N) is 1. The molecule has 0 aliphatic rings. The molecule has 0 aromatic heterocycles. The van der Waals surface area contributed by atoms with E-state index < -0.39 is 7.25 Å². The van der Waals surface area contributed by atoms with Crippen LogP contribution < -0.4 is 5.39 Å². The van der Waals surface area contributed by atoms with E-state index in [2.05, 4.69) is 0 Å². The van der Waals surface area contributed by atoms with Crippen LogP contribution in [0.1, 0.15) is 13.8 Å². The number of nitrogens with zero attached hydrogens (tertiary/aromatic N) is 1. The second kappa shape index (κ2) is 10.2. The smallest absolute Gasteiger partial charge is 0.418 e. The number of hydrogen-bond donors (Lipinski definition) is 1. The molecule has 0 aliphatic carbocycles. The molecule has 0 rings (SSSR count). The van der Waals surface area contributed by atoms with Crippen molar-refractivity contribution in [3.05, 3.63) is 0 Å². The van der Waals surface area contributed by atoms with Crippen LogP contribution in [0.25, 0.3) is 0 Å². The third-order valence-electron chi connectivity index (χ3n) is 0. The Hall–Kier alpha value is -0.795. The van der Waals surface area contributed by atoms with Crippen LogP contribution in [0.15, 0.2) is 0 Å². The lowest BCUT2D eigenvalue weighted by Crippen LogP contribution is -2.11. The maximum Gasteiger partial charge on any atom is 0.673 e. The zero-order valence-electron chi connectivity index (χ0n) is 5.04. The van der Waals surface area contributed by atoms with E-state index in [1.54, 1.807) is 0 Å². The van der Waals surface area contributed by atoms with Gasteiger partial charge in [0.15, 0.2) is 0 Å². The lowest BCUT2D eigenvalue weighted by atomic mass is 10.3. The summed E-state index contributed by atoms with van der Waals surface area (Å²) in [4.78, 5) is 0. The molecule has 0 saturated heterocycles. The number of hydrogen-bond acceptors (Lipinski definition) is 1. The van der Waals surface area contributed by atoms with Gasteiger partial charge in [-0.2, -0.15) is 0 Å². The number of halogens is 4. The first-order valence-corrected chi connectivity index (χ1v) is 2.10. The first-order valence-electron chi connectivity index (χ1n) is 2.10. The van der Waals surface area contributed by atoms with Crippen LogP contribution in [-0.2, 0) is 0 Å². The van der Waals surface area contributed by atoms with Crippen molar-refractivity contribution >= 4 is 7.25 Å². The first-order chi connectivity index (χ1) is 4.00. The van der Waals surface area contributed by atoms with Crippen molar-refractivity contribution in [1.82, 2.24) is 0 Å². The van der Waals surface area contributed by atoms with Crippen molar-refractivity contribution in [2.75, 3.05) is 0 Å². The molecular weight excluding hydrogens is 139 g/mol. The summed E-state index contributed by atoms with van der Waals surface area (Å²) in [5, 5.41) is 11.0. The fourth-order valence-corrected chi connectivity index (χ4v) is 0. The molecule has 9 heavy (non-hydrogen) atoms. The molecule has 7 heteroatoms. The molecule has 0 aromatic rings. The molecule has 0 amide bonds. The molecule has 2 nitrogen and oxygen atoms in total. The molecule has 0 saturated carbocycles. The summed E-state index contributed by atoms with van der Waals surface area (Å²) in [5.41, 5.74) is 0. The van der Waals surface area contributed by atoms with E-state index in [9.17, 15) is 17.3 Å². The summed E-state index contributed by atoms with van der Waals surface area (Å²) in [6.07, 6.45) is 0. The molecule has 0 aromatic carbocycles. The molecule has 1 N–H and O–H groups in total. The zero-order valence-corrected chi connectivity index (χ0v) is 5.04. The highest BCUT2D eigenvalue weighted by molar-refractivity contribution is 6.50. The standard InChI is InChI=1S/C2H6.BF4.N2/c1-2;2-1(3,4)5;1-2/h1-2H3;;/q;-1;/p+1. The van der Waals surface area contributed by atoms with Gasteiger partial charge >= 0.3 is 7.25 Å². The maximum absolute atomic E-state index is 9.75. The summed E-state index contributed by atoms with van der Waals surface area (Å²) in [5.74, 6) is 0. The van der Waals surface area contributed by atoms with Gasteiger partial charge in [0.05, 0.1) is 5.39 Å². The molecule has 56 valence electrons. The highest BCUT2D eigenvalue weighted by Gasteiger charge is 2.20. The minimum Gasteiger partial charge on any atom is -0.418 e. The predicted molar refractivity (Wildman–Crippen MR) is 24.2 cm³/mol. The monoisotopic (exact) mass is 146 g/mol. The molecule has 0 aliphatic heterocycles. The second-order valence-electron chi connectivity index (χ2n) is 0.495. The Morgan fingerprint density at radius 2 is 1.00 bits per heavy atom. The van der Waals surface area contributed by atoms with E-state index >= 15 is 0 Å². The van der Waals surface area contributed by atoms with Crippen molar-refractivity contribution < 1.29 is 22.7 Å². The minimum absolute atomic E-state index is 2.00. The first kappa shape index (κ1) is 15.7. The van der Waals surface area contributed by atoms with E-state index in [-0.39, 0.29) is 0 Å². The molecule has 0 bridgehead atoms. The highest BCUT2D eigenvalue weighted by Crippen LogP contribution is 2.06. The predicted octanol–water partition coefficient (Wildman–Crippen LogP) is 0.605. The van der Waals surface area contributed by atoms with Crippen molar-refractivity contribution in [3.63, 3.8) is 0 Å². The molecule has 0 fully saturated rings. The fraction of sp³-hybridized carbons (Fsp3) is 1.00. The molecule has 0 spiro atoms. The molecular formula is C2H7BF4N2. The van der Waals surface area contributed by atoms with E-state index in [1.165, 1.54) is 0 Å². The van der Waals surface area contributed by atoms with E-state index in [0.29, 0.717) is 0 Å². The quantitative estimate of drug-likeness (QED) is 0.303. The Morgan fingerprint density at radius 1 is 1.00 bits per heavy atom. The van der Waals surface area contributed by atoms with Crippen LogP contribution in [0, 0.1) is 5.39 Å².